The zero-order valence-corrected chi connectivity index (χ0v) is 11.1. The molecule has 0 spiro atoms. The largest absolute Gasteiger partial charge is 0.481 e. The van der Waals surface area contributed by atoms with E-state index in [0.29, 0.717) is 12.1 Å². The van der Waals surface area contributed by atoms with E-state index in [0.717, 1.165) is 4.31 Å². The third kappa shape index (κ3) is 4.07. The molecule has 1 N–H and O–H groups in total. The molecule has 110 valence electrons. The van der Waals surface area contributed by atoms with E-state index in [1.54, 1.807) is 0 Å². The Morgan fingerprint density at radius 3 is 2.40 bits per heavy atom. The third-order valence-electron chi connectivity index (χ3n) is 2.28. The number of hydrogen-bond acceptors (Lipinski definition) is 4. The monoisotopic (exact) mass is 306 g/mol. The van der Waals surface area contributed by atoms with Crippen LogP contribution in [0.15, 0.2) is 29.7 Å². The Kier molecular flexibility index (Phi) is 5.28. The maximum Gasteiger partial charge on any atom is 0.304 e. The van der Waals surface area contributed by atoms with Crippen molar-refractivity contribution < 1.29 is 27.1 Å². The fraction of sp³-hybridized carbons (Fsp3) is 0.273. The highest BCUT2D eigenvalue weighted by Crippen LogP contribution is 2.17. The van der Waals surface area contributed by atoms with E-state index >= 15 is 0 Å². The van der Waals surface area contributed by atoms with Gasteiger partial charge in [0.25, 0.3) is 0 Å². The van der Waals surface area contributed by atoms with Crippen LogP contribution >= 0.6 is 0 Å². The molecule has 20 heavy (non-hydrogen) atoms. The Labute approximate surface area is 114 Å². The first-order valence-corrected chi connectivity index (χ1v) is 6.87. The smallest absolute Gasteiger partial charge is 0.304 e. The lowest BCUT2D eigenvalue weighted by Crippen LogP contribution is -2.33. The van der Waals surface area contributed by atoms with Crippen LogP contribution in [0.4, 0.5) is 8.78 Å². The highest BCUT2D eigenvalue weighted by atomic mass is 32.2. The van der Waals surface area contributed by atoms with Crippen molar-refractivity contribution >= 4 is 16.0 Å². The summed E-state index contributed by atoms with van der Waals surface area (Å²) < 4.78 is 51.0. The number of halogens is 2. The molecule has 9 heteroatoms. The molecule has 0 unspecified atom stereocenters. The van der Waals surface area contributed by atoms with Gasteiger partial charge in [-0.3, -0.25) is 4.79 Å². The van der Waals surface area contributed by atoms with Crippen LogP contribution in [0.3, 0.4) is 0 Å². The summed E-state index contributed by atoms with van der Waals surface area (Å²) in [4.78, 5) is 12.7. The van der Waals surface area contributed by atoms with Crippen molar-refractivity contribution in [2.75, 3.05) is 13.1 Å². The maximum absolute atomic E-state index is 13.0. The summed E-state index contributed by atoms with van der Waals surface area (Å²) in [6.45, 7) is 2.84. The summed E-state index contributed by atoms with van der Waals surface area (Å²) in [6.07, 6.45) is 0.802. The van der Waals surface area contributed by atoms with Crippen molar-refractivity contribution in [1.82, 2.24) is 9.29 Å². The van der Waals surface area contributed by atoms with E-state index in [1.165, 1.54) is 6.08 Å². The van der Waals surface area contributed by atoms with E-state index in [-0.39, 0.29) is 13.1 Å². The van der Waals surface area contributed by atoms with E-state index in [2.05, 4.69) is 11.6 Å². The minimum atomic E-state index is -4.23. The SMILES string of the molecule is C=CCN(CCC(=O)O)S(=O)(=O)c1cc(F)nc(F)c1. The molecule has 1 aromatic heterocycles. The molecule has 1 rings (SSSR count). The number of pyridine rings is 1. The van der Waals surface area contributed by atoms with Crippen molar-refractivity contribution in [2.24, 2.45) is 0 Å². The molecule has 1 heterocycles. The van der Waals surface area contributed by atoms with Gasteiger partial charge in [0, 0.05) is 25.2 Å². The fourth-order valence-electron chi connectivity index (χ4n) is 1.41. The third-order valence-corrected chi connectivity index (χ3v) is 4.12. The Balaban J connectivity index is 3.14. The maximum atomic E-state index is 13.0. The second-order valence-corrected chi connectivity index (χ2v) is 5.68. The van der Waals surface area contributed by atoms with Gasteiger partial charge in [-0.25, -0.2) is 8.42 Å². The van der Waals surface area contributed by atoms with E-state index in [1.807, 2.05) is 0 Å². The summed E-state index contributed by atoms with van der Waals surface area (Å²) in [5, 5.41) is 8.58. The van der Waals surface area contributed by atoms with Gasteiger partial charge in [0.1, 0.15) is 0 Å². The zero-order valence-electron chi connectivity index (χ0n) is 10.3. The molecule has 0 aromatic carbocycles. The second kappa shape index (κ2) is 6.53. The van der Waals surface area contributed by atoms with Gasteiger partial charge in [0.05, 0.1) is 11.3 Å². The van der Waals surface area contributed by atoms with Gasteiger partial charge in [-0.15, -0.1) is 6.58 Å². The van der Waals surface area contributed by atoms with Gasteiger partial charge in [0.15, 0.2) is 0 Å². The molecular formula is C11H12F2N2O4S. The lowest BCUT2D eigenvalue weighted by atomic mass is 10.4. The molecule has 0 aliphatic rings. The number of carboxylic acid groups (broad SMARTS) is 1. The van der Waals surface area contributed by atoms with Gasteiger partial charge in [-0.2, -0.15) is 18.1 Å². The topological polar surface area (TPSA) is 87.6 Å². The predicted molar refractivity (Wildman–Crippen MR) is 65.4 cm³/mol. The number of nitrogens with zero attached hydrogens (tertiary/aromatic N) is 2. The molecule has 0 bridgehead atoms. The molecule has 0 aliphatic heterocycles. The van der Waals surface area contributed by atoms with E-state index < -0.39 is 39.2 Å². The highest BCUT2D eigenvalue weighted by molar-refractivity contribution is 7.89. The number of carboxylic acids is 1. The van der Waals surface area contributed by atoms with Crippen LogP contribution < -0.4 is 0 Å². The first-order chi connectivity index (χ1) is 9.27. The first-order valence-electron chi connectivity index (χ1n) is 5.43. The Morgan fingerprint density at radius 2 is 1.95 bits per heavy atom. The molecule has 0 aliphatic carbocycles. The van der Waals surface area contributed by atoms with Gasteiger partial charge in [-0.05, 0) is 0 Å². The van der Waals surface area contributed by atoms with Crippen molar-refractivity contribution in [3.63, 3.8) is 0 Å². The average Bonchev–Trinajstić information content (AvgIpc) is 2.32. The highest BCUT2D eigenvalue weighted by Gasteiger charge is 2.25. The second-order valence-electron chi connectivity index (χ2n) is 3.74. The van der Waals surface area contributed by atoms with Crippen molar-refractivity contribution in [2.45, 2.75) is 11.3 Å². The lowest BCUT2D eigenvalue weighted by Gasteiger charge is -2.19. The van der Waals surface area contributed by atoms with Crippen molar-refractivity contribution in [1.29, 1.82) is 0 Å². The quantitative estimate of drug-likeness (QED) is 0.600. The van der Waals surface area contributed by atoms with Crippen LogP contribution in [-0.4, -0.2) is 41.9 Å². The minimum absolute atomic E-state index is 0.179. The summed E-state index contributed by atoms with van der Waals surface area (Å²) in [7, 11) is -4.23. The molecule has 0 atom stereocenters. The molecule has 0 radical (unpaired) electrons. The summed E-state index contributed by atoms with van der Waals surface area (Å²) in [5.74, 6) is -3.75. The minimum Gasteiger partial charge on any atom is -0.481 e. The Bertz CT molecular complexity index is 599. The number of aromatic nitrogens is 1. The first kappa shape index (κ1) is 16.2. The van der Waals surface area contributed by atoms with Crippen LogP contribution in [0.25, 0.3) is 0 Å². The number of sulfonamides is 1. The van der Waals surface area contributed by atoms with Gasteiger partial charge < -0.3 is 5.11 Å². The van der Waals surface area contributed by atoms with Crippen LogP contribution in [0, 0.1) is 11.9 Å². The normalized spacial score (nSPS) is 11.6. The summed E-state index contributed by atoms with van der Waals surface area (Å²) in [6, 6.07) is 1.13. The molecule has 6 nitrogen and oxygen atoms in total. The van der Waals surface area contributed by atoms with Crippen molar-refractivity contribution in [3.8, 4) is 0 Å². The molecule has 0 fully saturated rings. The number of rotatable bonds is 7. The van der Waals surface area contributed by atoms with Crippen LogP contribution in [-0.2, 0) is 14.8 Å². The van der Waals surface area contributed by atoms with Crippen LogP contribution in [0.1, 0.15) is 6.42 Å². The van der Waals surface area contributed by atoms with E-state index in [9.17, 15) is 22.0 Å². The Morgan fingerprint density at radius 1 is 1.40 bits per heavy atom. The van der Waals surface area contributed by atoms with Gasteiger partial charge in [0.2, 0.25) is 21.9 Å². The molecule has 0 saturated heterocycles. The molecular weight excluding hydrogens is 294 g/mol. The average molecular weight is 306 g/mol. The molecule has 1 aromatic rings. The summed E-state index contributed by atoms with van der Waals surface area (Å²) in [5.41, 5.74) is 0. The van der Waals surface area contributed by atoms with Gasteiger partial charge in [-0.1, -0.05) is 6.08 Å². The van der Waals surface area contributed by atoms with Crippen LogP contribution in [0.5, 0.6) is 0 Å². The van der Waals surface area contributed by atoms with Crippen molar-refractivity contribution in [3.05, 3.63) is 36.7 Å². The molecule has 0 amide bonds. The Hall–Kier alpha value is -1.87. The zero-order chi connectivity index (χ0) is 15.3. The number of hydrogen-bond donors (Lipinski definition) is 1. The van der Waals surface area contributed by atoms with Crippen LogP contribution in [0.2, 0.25) is 0 Å². The lowest BCUT2D eigenvalue weighted by molar-refractivity contribution is -0.137. The van der Waals surface area contributed by atoms with E-state index in [4.69, 9.17) is 5.11 Å². The summed E-state index contributed by atoms with van der Waals surface area (Å²) >= 11 is 0. The predicted octanol–water partition coefficient (Wildman–Crippen LogP) is 1.01. The van der Waals surface area contributed by atoms with Gasteiger partial charge >= 0.3 is 5.97 Å². The fourth-order valence-corrected chi connectivity index (χ4v) is 2.84. The number of carbonyl (C=O) groups is 1. The standard InChI is InChI=1S/C11H12F2N2O4S/c1-2-4-15(5-3-11(16)17)20(18,19)8-6-9(12)14-10(13)7-8/h2,6-7H,1,3-5H2,(H,16,17). The number of aliphatic carboxylic acids is 1. The molecule has 0 saturated carbocycles.